The van der Waals surface area contributed by atoms with Crippen LogP contribution in [0.25, 0.3) is 0 Å². The maximum atomic E-state index is 12.1. The van der Waals surface area contributed by atoms with Crippen LogP contribution >= 0.6 is 43.2 Å². The zero-order valence-corrected chi connectivity index (χ0v) is 18.1. The van der Waals surface area contributed by atoms with Crippen LogP contribution in [0.5, 0.6) is 0 Å². The lowest BCUT2D eigenvalue weighted by Crippen LogP contribution is -2.38. The summed E-state index contributed by atoms with van der Waals surface area (Å²) in [5.74, 6) is 3.62. The van der Waals surface area contributed by atoms with E-state index in [0.29, 0.717) is 32.1 Å². The van der Waals surface area contributed by atoms with Gasteiger partial charge in [0.1, 0.15) is 13.2 Å². The highest BCUT2D eigenvalue weighted by atomic mass is 33.1. The molecule has 0 amide bonds. The number of rotatable bonds is 10. The molecular weight excluding hydrogens is 398 g/mol. The van der Waals surface area contributed by atoms with Gasteiger partial charge < -0.3 is 14.4 Å². The van der Waals surface area contributed by atoms with Crippen LogP contribution in [-0.2, 0) is 19.1 Å². The van der Waals surface area contributed by atoms with Crippen LogP contribution < -0.4 is 0 Å². The Kier molecular flexibility index (Phi) is 9.69. The molecule has 0 aromatic heterocycles. The number of nitrogens with zero attached hydrogens (tertiary/aromatic N) is 1. The van der Waals surface area contributed by atoms with Gasteiger partial charge in [-0.1, -0.05) is 50.1 Å². The molecule has 0 saturated carbocycles. The summed E-state index contributed by atoms with van der Waals surface area (Å²) < 4.78 is 10.9. The van der Waals surface area contributed by atoms with Crippen LogP contribution in [-0.4, -0.2) is 72.7 Å². The molecule has 0 aromatic carbocycles. The first-order valence-electron chi connectivity index (χ1n) is 8.55. The van der Waals surface area contributed by atoms with Crippen LogP contribution in [0.15, 0.2) is 0 Å². The smallest absolute Gasteiger partial charge is 0.307 e. The van der Waals surface area contributed by atoms with E-state index in [1.807, 2.05) is 28.5 Å². The number of hydrogen-bond acceptors (Lipinski definition) is 9. The van der Waals surface area contributed by atoms with Crippen LogP contribution in [0, 0.1) is 5.41 Å². The molecule has 0 bridgehead atoms. The van der Waals surface area contributed by atoms with Crippen LogP contribution in [0.3, 0.4) is 0 Å². The molecule has 0 aliphatic carbocycles. The molecule has 0 atom stereocenters. The molecule has 0 radical (unpaired) electrons. The Morgan fingerprint density at radius 1 is 1.00 bits per heavy atom. The molecule has 0 spiro atoms. The molecule has 9 heteroatoms. The molecule has 2 rings (SSSR count). The van der Waals surface area contributed by atoms with Gasteiger partial charge in [0.05, 0.1) is 11.8 Å². The molecule has 5 nitrogen and oxygen atoms in total. The summed E-state index contributed by atoms with van der Waals surface area (Å²) in [5.41, 5.74) is -0.237. The highest BCUT2D eigenvalue weighted by Gasteiger charge is 2.38. The number of ether oxygens (including phenoxy) is 2. The van der Waals surface area contributed by atoms with Crippen molar-refractivity contribution in [3.63, 3.8) is 0 Å². The fourth-order valence-corrected chi connectivity index (χ4v) is 8.66. The summed E-state index contributed by atoms with van der Waals surface area (Å²) >= 11 is 0. The molecule has 2 aliphatic rings. The number of carbonyl (C=O) groups is 2. The first-order chi connectivity index (χ1) is 12.0. The van der Waals surface area contributed by atoms with Gasteiger partial charge in [0, 0.05) is 42.0 Å². The van der Waals surface area contributed by atoms with Gasteiger partial charge in [0.25, 0.3) is 0 Å². The van der Waals surface area contributed by atoms with Crippen molar-refractivity contribution in [1.29, 1.82) is 0 Å². The average Bonchev–Trinajstić information content (AvgIpc) is 3.29. The predicted molar refractivity (Wildman–Crippen MR) is 110 cm³/mol. The van der Waals surface area contributed by atoms with E-state index >= 15 is 0 Å². The Morgan fingerprint density at radius 3 is 2.12 bits per heavy atom. The van der Waals surface area contributed by atoms with Gasteiger partial charge in [-0.25, -0.2) is 0 Å². The molecule has 2 aliphatic heterocycles. The van der Waals surface area contributed by atoms with E-state index in [-0.39, 0.29) is 17.4 Å². The molecule has 0 N–H and O–H groups in total. The largest absolute Gasteiger partial charge is 0.465 e. The second-order valence-corrected chi connectivity index (χ2v) is 11.6. The molecule has 2 saturated heterocycles. The van der Waals surface area contributed by atoms with Crippen molar-refractivity contribution >= 4 is 55.1 Å². The van der Waals surface area contributed by atoms with Gasteiger partial charge in [-0.2, -0.15) is 0 Å². The van der Waals surface area contributed by atoms with Crippen LogP contribution in [0.1, 0.15) is 26.2 Å². The van der Waals surface area contributed by atoms with E-state index in [1.54, 1.807) is 21.6 Å². The standard InChI is InChI=1S/C16H27NO4S4/c1-3-4-14(18)20-9-16(11-24-25-12-16)10-21-15(19)5-6-17(2)13-7-22-23-8-13/h13H,3-12H2,1-2H3. The van der Waals surface area contributed by atoms with Crippen molar-refractivity contribution < 1.29 is 19.1 Å². The van der Waals surface area contributed by atoms with Gasteiger partial charge in [-0.05, 0) is 13.5 Å². The Bertz CT molecular complexity index is 440. The van der Waals surface area contributed by atoms with Gasteiger partial charge in [0.15, 0.2) is 0 Å². The van der Waals surface area contributed by atoms with Crippen LogP contribution in [0.4, 0.5) is 0 Å². The Balaban J connectivity index is 1.70. The van der Waals surface area contributed by atoms with Crippen LogP contribution in [0.2, 0.25) is 0 Å². The Labute approximate surface area is 166 Å². The van der Waals surface area contributed by atoms with E-state index in [4.69, 9.17) is 9.47 Å². The monoisotopic (exact) mass is 425 g/mol. The van der Waals surface area contributed by atoms with E-state index in [0.717, 1.165) is 36.0 Å². The lowest BCUT2D eigenvalue weighted by atomic mass is 9.95. The first-order valence-corrected chi connectivity index (χ1v) is 13.5. The number of esters is 2. The predicted octanol–water partition coefficient (Wildman–Crippen LogP) is 3.34. The summed E-state index contributed by atoms with van der Waals surface area (Å²) in [6.45, 7) is 3.37. The Morgan fingerprint density at radius 2 is 1.56 bits per heavy atom. The maximum absolute atomic E-state index is 12.1. The summed E-state index contributed by atoms with van der Waals surface area (Å²) in [5, 5.41) is 0. The highest BCUT2D eigenvalue weighted by Crippen LogP contribution is 2.43. The minimum Gasteiger partial charge on any atom is -0.465 e. The van der Waals surface area contributed by atoms with E-state index in [1.165, 1.54) is 0 Å². The summed E-state index contributed by atoms with van der Waals surface area (Å²) in [6, 6.07) is 0.551. The Hall–Kier alpha value is 0.300. The number of hydrogen-bond donors (Lipinski definition) is 0. The topological polar surface area (TPSA) is 55.8 Å². The van der Waals surface area contributed by atoms with Crippen molar-refractivity contribution in [1.82, 2.24) is 4.90 Å². The van der Waals surface area contributed by atoms with E-state index in [9.17, 15) is 9.59 Å². The molecule has 2 heterocycles. The molecular formula is C16H27NO4S4. The second kappa shape index (κ2) is 11.2. The van der Waals surface area contributed by atoms with Crippen molar-refractivity contribution in [3.05, 3.63) is 0 Å². The lowest BCUT2D eigenvalue weighted by molar-refractivity contribution is -0.152. The first kappa shape index (κ1) is 21.6. The highest BCUT2D eigenvalue weighted by molar-refractivity contribution is 8.77. The minimum absolute atomic E-state index is 0.161. The SMILES string of the molecule is CCCC(=O)OCC1(COC(=O)CCN(C)C2CSSC2)CSSC1. The zero-order valence-electron chi connectivity index (χ0n) is 14.9. The van der Waals surface area contributed by atoms with Gasteiger partial charge in [-0.15, -0.1) is 0 Å². The third-order valence-corrected chi connectivity index (χ3v) is 9.60. The minimum atomic E-state index is -0.237. The molecule has 0 aromatic rings. The van der Waals surface area contributed by atoms with Gasteiger partial charge in [-0.3, -0.25) is 9.59 Å². The maximum Gasteiger partial charge on any atom is 0.307 e. The third-order valence-electron chi connectivity index (χ3n) is 4.24. The molecule has 0 unspecified atom stereocenters. The van der Waals surface area contributed by atoms with Crippen molar-refractivity contribution in [2.45, 2.75) is 32.2 Å². The molecule has 25 heavy (non-hydrogen) atoms. The van der Waals surface area contributed by atoms with E-state index < -0.39 is 0 Å². The summed E-state index contributed by atoms with van der Waals surface area (Å²) in [4.78, 5) is 26.0. The zero-order chi connectivity index (χ0) is 18.1. The molecule has 144 valence electrons. The van der Waals surface area contributed by atoms with E-state index in [2.05, 4.69) is 11.9 Å². The van der Waals surface area contributed by atoms with Crippen molar-refractivity contribution in [2.75, 3.05) is 49.8 Å². The van der Waals surface area contributed by atoms with Gasteiger partial charge >= 0.3 is 11.9 Å². The second-order valence-electron chi connectivity index (χ2n) is 6.55. The average molecular weight is 426 g/mol. The third kappa shape index (κ3) is 7.44. The van der Waals surface area contributed by atoms with Crippen molar-refractivity contribution in [2.24, 2.45) is 5.41 Å². The fourth-order valence-electron chi connectivity index (χ4n) is 2.41. The van der Waals surface area contributed by atoms with Gasteiger partial charge in [0.2, 0.25) is 0 Å². The summed E-state index contributed by atoms with van der Waals surface area (Å²) in [7, 11) is 9.37. The normalized spacial score (nSPS) is 20.1. The fraction of sp³-hybridized carbons (Fsp3) is 0.875. The van der Waals surface area contributed by atoms with Crippen molar-refractivity contribution in [3.8, 4) is 0 Å². The quantitative estimate of drug-likeness (QED) is 0.387. The lowest BCUT2D eigenvalue weighted by Gasteiger charge is -2.27. The molecule has 2 fully saturated rings. The number of carbonyl (C=O) groups excluding carboxylic acids is 2. The summed E-state index contributed by atoms with van der Waals surface area (Å²) in [6.07, 6.45) is 1.64.